The number of hydrogen-bond donors (Lipinski definition) is 1. The summed E-state index contributed by atoms with van der Waals surface area (Å²) in [6, 6.07) is 12.9. The lowest BCUT2D eigenvalue weighted by Gasteiger charge is -2.31. The number of carbonyl (C=O) groups is 1. The number of piperidine rings is 1. The van der Waals surface area contributed by atoms with Crippen LogP contribution in [0.15, 0.2) is 53.1 Å². The normalized spacial score (nSPS) is 19.3. The minimum Gasteiger partial charge on any atom is -0.417 e. The highest BCUT2D eigenvalue weighted by atomic mass is 32.2. The van der Waals surface area contributed by atoms with Crippen molar-refractivity contribution in [1.82, 2.24) is 14.3 Å². The van der Waals surface area contributed by atoms with Crippen LogP contribution in [-0.2, 0) is 16.2 Å². The van der Waals surface area contributed by atoms with Crippen molar-refractivity contribution in [2.24, 2.45) is 0 Å². The number of alkyl halides is 3. The van der Waals surface area contributed by atoms with Crippen molar-refractivity contribution in [3.05, 3.63) is 65.7 Å². The molecule has 2 aliphatic heterocycles. The molecule has 1 aromatic carbocycles. The van der Waals surface area contributed by atoms with E-state index in [2.05, 4.69) is 15.3 Å². The number of benzene rings is 1. The van der Waals surface area contributed by atoms with Crippen molar-refractivity contribution in [1.29, 1.82) is 0 Å². The fourth-order valence-electron chi connectivity index (χ4n) is 5.71. The number of pyridine rings is 1. The van der Waals surface area contributed by atoms with Gasteiger partial charge in [0.05, 0.1) is 17.1 Å². The summed E-state index contributed by atoms with van der Waals surface area (Å²) in [7, 11) is -3.26. The molecule has 14 heteroatoms. The second kappa shape index (κ2) is 11.8. The molecule has 1 N–H and O–H groups in total. The molecule has 3 fully saturated rings. The molecule has 10 nitrogen and oxygen atoms in total. The second-order valence-electron chi connectivity index (χ2n) is 11.2. The Labute approximate surface area is 247 Å². The van der Waals surface area contributed by atoms with Gasteiger partial charge in [0, 0.05) is 39.3 Å². The number of hydrogen-bond acceptors (Lipinski definition) is 8. The molecule has 0 radical (unpaired) electrons. The molecule has 1 aliphatic carbocycles. The zero-order valence-corrected chi connectivity index (χ0v) is 24.3. The summed E-state index contributed by atoms with van der Waals surface area (Å²) in [6.45, 7) is 2.78. The fraction of sp³-hybridized carbons (Fsp3) is 0.483. The monoisotopic (exact) mass is 618 g/mol. The minimum absolute atomic E-state index is 0.191. The molecule has 43 heavy (non-hydrogen) atoms. The first-order chi connectivity index (χ1) is 20.6. The zero-order chi connectivity index (χ0) is 30.2. The van der Waals surface area contributed by atoms with Gasteiger partial charge in [0.25, 0.3) is 11.9 Å². The predicted molar refractivity (Wildman–Crippen MR) is 155 cm³/mol. The van der Waals surface area contributed by atoms with Crippen LogP contribution in [0.4, 0.5) is 30.7 Å². The van der Waals surface area contributed by atoms with Gasteiger partial charge in [-0.2, -0.15) is 22.5 Å². The first kappa shape index (κ1) is 29.4. The molecule has 2 saturated heterocycles. The van der Waals surface area contributed by atoms with Gasteiger partial charge >= 0.3 is 6.18 Å². The molecule has 230 valence electrons. The summed E-state index contributed by atoms with van der Waals surface area (Å²) in [5, 5.41) is 2.19. The van der Waals surface area contributed by atoms with Gasteiger partial charge in [0.15, 0.2) is 5.69 Å². The average Bonchev–Trinajstić information content (AvgIpc) is 3.81. The third-order valence-electron chi connectivity index (χ3n) is 8.22. The highest BCUT2D eigenvalue weighted by molar-refractivity contribution is 7.90. The highest BCUT2D eigenvalue weighted by Crippen LogP contribution is 2.37. The SMILES string of the molecule is O=C(Nc1ccc(N2CCCN(S(=O)(=O)C3CC3)CC2)nc1)c1oc(N2CCC(c3ccccc3)CC2)nc1C(F)(F)F. The van der Waals surface area contributed by atoms with Crippen LogP contribution in [0.1, 0.15) is 59.8 Å². The Hall–Kier alpha value is -3.65. The van der Waals surface area contributed by atoms with E-state index in [0.29, 0.717) is 64.3 Å². The minimum atomic E-state index is -4.88. The lowest BCUT2D eigenvalue weighted by atomic mass is 9.90. The Morgan fingerprint density at radius 2 is 1.65 bits per heavy atom. The van der Waals surface area contributed by atoms with E-state index in [1.54, 1.807) is 21.3 Å². The Balaban J connectivity index is 1.10. The van der Waals surface area contributed by atoms with Crippen LogP contribution in [-0.4, -0.2) is 73.1 Å². The molecule has 2 aromatic heterocycles. The molecule has 0 spiro atoms. The smallest absolute Gasteiger partial charge is 0.417 e. The number of nitrogens with one attached hydrogen (secondary N) is 1. The van der Waals surface area contributed by atoms with Crippen molar-refractivity contribution >= 4 is 33.5 Å². The number of halogens is 3. The first-order valence-electron chi connectivity index (χ1n) is 14.5. The molecule has 4 heterocycles. The maximum atomic E-state index is 13.9. The molecule has 0 atom stereocenters. The lowest BCUT2D eigenvalue weighted by Crippen LogP contribution is -2.37. The van der Waals surface area contributed by atoms with E-state index in [0.717, 1.165) is 12.8 Å². The molecule has 6 rings (SSSR count). The van der Waals surface area contributed by atoms with Gasteiger partial charge in [-0.3, -0.25) is 4.79 Å². The van der Waals surface area contributed by atoms with Crippen molar-refractivity contribution in [2.75, 3.05) is 54.4 Å². The Bertz CT molecular complexity index is 1540. The summed E-state index contributed by atoms with van der Waals surface area (Å²) >= 11 is 0. The Morgan fingerprint density at radius 1 is 0.907 bits per heavy atom. The van der Waals surface area contributed by atoms with Gasteiger partial charge < -0.3 is 19.5 Å². The second-order valence-corrected chi connectivity index (χ2v) is 13.4. The number of anilines is 3. The predicted octanol–water partition coefficient (Wildman–Crippen LogP) is 4.73. The molecule has 3 aliphatic rings. The zero-order valence-electron chi connectivity index (χ0n) is 23.5. The number of aromatic nitrogens is 2. The Kier molecular flexibility index (Phi) is 8.07. The summed E-state index contributed by atoms with van der Waals surface area (Å²) in [6.07, 6.45) is -0.0151. The molecule has 3 aromatic rings. The number of amides is 1. The van der Waals surface area contributed by atoms with Crippen LogP contribution in [0.2, 0.25) is 0 Å². The fourth-order valence-corrected chi connectivity index (χ4v) is 7.58. The van der Waals surface area contributed by atoms with Gasteiger partial charge in [-0.1, -0.05) is 30.3 Å². The largest absolute Gasteiger partial charge is 0.437 e. The van der Waals surface area contributed by atoms with E-state index in [1.165, 1.54) is 11.8 Å². The van der Waals surface area contributed by atoms with Gasteiger partial charge in [-0.05, 0) is 55.7 Å². The van der Waals surface area contributed by atoms with E-state index in [4.69, 9.17) is 4.42 Å². The van der Waals surface area contributed by atoms with Crippen LogP contribution in [0.5, 0.6) is 0 Å². The van der Waals surface area contributed by atoms with Crippen LogP contribution >= 0.6 is 0 Å². The number of oxazole rings is 1. The van der Waals surface area contributed by atoms with Gasteiger partial charge in [-0.15, -0.1) is 0 Å². The van der Waals surface area contributed by atoms with E-state index in [9.17, 15) is 26.4 Å². The maximum Gasteiger partial charge on any atom is 0.437 e. The number of sulfonamides is 1. The highest BCUT2D eigenvalue weighted by Gasteiger charge is 2.43. The summed E-state index contributed by atoms with van der Waals surface area (Å²) in [5.74, 6) is -1.10. The molecule has 1 amide bonds. The Morgan fingerprint density at radius 3 is 2.30 bits per heavy atom. The first-order valence-corrected chi connectivity index (χ1v) is 16.0. The van der Waals surface area contributed by atoms with E-state index < -0.39 is 33.6 Å². The van der Waals surface area contributed by atoms with Crippen molar-refractivity contribution in [3.8, 4) is 0 Å². The van der Waals surface area contributed by atoms with Crippen LogP contribution in [0.25, 0.3) is 0 Å². The molecular weight excluding hydrogens is 585 g/mol. The van der Waals surface area contributed by atoms with Crippen molar-refractivity contribution in [2.45, 2.75) is 49.4 Å². The molecular formula is C29H33F3N6O4S. The topological polar surface area (TPSA) is 112 Å². The van der Waals surface area contributed by atoms with Gasteiger partial charge in [0.2, 0.25) is 15.8 Å². The average molecular weight is 619 g/mol. The van der Waals surface area contributed by atoms with Crippen LogP contribution in [0.3, 0.4) is 0 Å². The summed E-state index contributed by atoms with van der Waals surface area (Å²) in [5.41, 5.74) is 0.00542. The lowest BCUT2D eigenvalue weighted by molar-refractivity contribution is -0.141. The van der Waals surface area contributed by atoms with Gasteiger partial charge in [-0.25, -0.2) is 13.4 Å². The standard InChI is InChI=1S/C29H33F3N6O4S/c30-29(31,32)26-25(42-28(35-26)37-15-11-21(12-16-37)20-5-2-1-3-6-20)27(39)34-22-7-10-24(33-19-22)36-13-4-14-38(18-17-36)43(40,41)23-8-9-23/h1-3,5-7,10,19,21,23H,4,8-9,11-18H2,(H,34,39). The number of carbonyl (C=O) groups excluding carboxylic acids is 1. The quantitative estimate of drug-likeness (QED) is 0.405. The third kappa shape index (κ3) is 6.49. The molecule has 0 bridgehead atoms. The van der Waals surface area contributed by atoms with Crippen molar-refractivity contribution in [3.63, 3.8) is 0 Å². The van der Waals surface area contributed by atoms with E-state index in [-0.39, 0.29) is 22.9 Å². The molecule has 1 saturated carbocycles. The summed E-state index contributed by atoms with van der Waals surface area (Å²) in [4.78, 5) is 24.6. The van der Waals surface area contributed by atoms with E-state index >= 15 is 0 Å². The summed E-state index contributed by atoms with van der Waals surface area (Å²) < 4.78 is 73.9. The number of rotatable bonds is 7. The number of nitrogens with zero attached hydrogens (tertiary/aromatic N) is 5. The van der Waals surface area contributed by atoms with E-state index in [1.807, 2.05) is 35.2 Å². The third-order valence-corrected chi connectivity index (χ3v) is 10.6. The van der Waals surface area contributed by atoms with Crippen LogP contribution in [0, 0.1) is 0 Å². The molecule has 0 unspecified atom stereocenters. The maximum absolute atomic E-state index is 13.9. The van der Waals surface area contributed by atoms with Crippen molar-refractivity contribution < 1.29 is 30.8 Å². The van der Waals surface area contributed by atoms with Crippen LogP contribution < -0.4 is 15.1 Å². The van der Waals surface area contributed by atoms with Gasteiger partial charge in [0.1, 0.15) is 5.82 Å².